The highest BCUT2D eigenvalue weighted by molar-refractivity contribution is 4.79. The molecule has 0 unspecified atom stereocenters. The number of hydrogen-bond acceptors (Lipinski definition) is 2. The summed E-state index contributed by atoms with van der Waals surface area (Å²) in [6, 6.07) is 0.295. The summed E-state index contributed by atoms with van der Waals surface area (Å²) in [6.07, 6.45) is 3.98. The van der Waals surface area contributed by atoms with Crippen LogP contribution in [0.4, 0.5) is 0 Å². The topological polar surface area (TPSA) is 35.2 Å². The molecule has 1 aliphatic rings. The van der Waals surface area contributed by atoms with Crippen molar-refractivity contribution in [2.45, 2.75) is 25.3 Å². The van der Waals surface area contributed by atoms with Gasteiger partial charge in [0.05, 0.1) is 6.61 Å². The van der Waals surface area contributed by atoms with Gasteiger partial charge in [-0.25, -0.2) is 0 Å². The van der Waals surface area contributed by atoms with Gasteiger partial charge in [-0.2, -0.15) is 0 Å². The molecular formula is C7H15NO. The highest BCUT2D eigenvalue weighted by Crippen LogP contribution is 2.28. The molecule has 1 atom stereocenters. The second-order valence-electron chi connectivity index (χ2n) is 2.81. The first-order valence-corrected chi connectivity index (χ1v) is 3.59. The van der Waals surface area contributed by atoms with Gasteiger partial charge >= 0.3 is 0 Å². The molecule has 0 bridgehead atoms. The molecule has 0 saturated heterocycles. The predicted molar refractivity (Wildman–Crippen MR) is 37.2 cm³/mol. The van der Waals surface area contributed by atoms with Crippen molar-refractivity contribution in [3.05, 3.63) is 0 Å². The summed E-state index contributed by atoms with van der Waals surface area (Å²) < 4.78 is 4.94. The number of methoxy groups -OCH3 is 1. The van der Waals surface area contributed by atoms with E-state index < -0.39 is 0 Å². The molecule has 0 aromatic rings. The van der Waals surface area contributed by atoms with Gasteiger partial charge in [-0.3, -0.25) is 0 Å². The van der Waals surface area contributed by atoms with Crippen LogP contribution in [0.5, 0.6) is 0 Å². The summed E-state index contributed by atoms with van der Waals surface area (Å²) in [5.74, 6) is 0.755. The SMILES string of the molecule is COC[C@@H](N)C1CCC1. The summed E-state index contributed by atoms with van der Waals surface area (Å²) in [5.41, 5.74) is 5.76. The second-order valence-corrected chi connectivity index (χ2v) is 2.81. The lowest BCUT2D eigenvalue weighted by Crippen LogP contribution is -2.37. The zero-order valence-electron chi connectivity index (χ0n) is 5.97. The number of ether oxygens (including phenoxy) is 1. The maximum atomic E-state index is 5.76. The van der Waals surface area contributed by atoms with Crippen LogP contribution in [0.15, 0.2) is 0 Å². The van der Waals surface area contributed by atoms with E-state index in [1.165, 1.54) is 19.3 Å². The summed E-state index contributed by atoms with van der Waals surface area (Å²) in [6.45, 7) is 0.727. The molecule has 1 fully saturated rings. The van der Waals surface area contributed by atoms with Crippen LogP contribution in [0, 0.1) is 5.92 Å². The fraction of sp³-hybridized carbons (Fsp3) is 1.00. The number of nitrogens with two attached hydrogens (primary N) is 1. The zero-order valence-corrected chi connectivity index (χ0v) is 5.97. The van der Waals surface area contributed by atoms with E-state index in [0.29, 0.717) is 6.04 Å². The Bertz CT molecular complexity index is 81.0. The van der Waals surface area contributed by atoms with Crippen LogP contribution in [0.2, 0.25) is 0 Å². The Morgan fingerprint density at radius 3 is 2.67 bits per heavy atom. The van der Waals surface area contributed by atoms with Gasteiger partial charge in [-0.05, 0) is 18.8 Å². The summed E-state index contributed by atoms with van der Waals surface area (Å²) >= 11 is 0. The molecule has 0 aliphatic heterocycles. The smallest absolute Gasteiger partial charge is 0.0616 e. The Morgan fingerprint density at radius 1 is 1.67 bits per heavy atom. The zero-order chi connectivity index (χ0) is 6.69. The summed E-state index contributed by atoms with van der Waals surface area (Å²) in [7, 11) is 1.71. The van der Waals surface area contributed by atoms with Gasteiger partial charge in [0, 0.05) is 13.2 Å². The molecule has 1 aliphatic carbocycles. The third-order valence-corrected chi connectivity index (χ3v) is 2.11. The Hall–Kier alpha value is -0.0800. The fourth-order valence-electron chi connectivity index (χ4n) is 1.20. The maximum absolute atomic E-state index is 5.76. The van der Waals surface area contributed by atoms with Crippen LogP contribution >= 0.6 is 0 Å². The first-order chi connectivity index (χ1) is 4.34. The van der Waals surface area contributed by atoms with E-state index in [4.69, 9.17) is 10.5 Å². The molecule has 0 spiro atoms. The Morgan fingerprint density at radius 2 is 2.33 bits per heavy atom. The Kier molecular flexibility index (Phi) is 2.49. The predicted octanol–water partition coefficient (Wildman–Crippen LogP) is 0.760. The van der Waals surface area contributed by atoms with E-state index in [-0.39, 0.29) is 0 Å². The van der Waals surface area contributed by atoms with E-state index in [1.54, 1.807) is 7.11 Å². The molecule has 0 radical (unpaired) electrons. The number of rotatable bonds is 3. The lowest BCUT2D eigenvalue weighted by Gasteiger charge is -2.30. The van der Waals surface area contributed by atoms with Gasteiger partial charge in [0.2, 0.25) is 0 Å². The average Bonchev–Trinajstić information content (AvgIpc) is 1.60. The van der Waals surface area contributed by atoms with Crippen molar-refractivity contribution < 1.29 is 4.74 Å². The molecular weight excluding hydrogens is 114 g/mol. The molecule has 9 heavy (non-hydrogen) atoms. The Labute approximate surface area is 56.4 Å². The molecule has 54 valence electrons. The van der Waals surface area contributed by atoms with Gasteiger partial charge < -0.3 is 10.5 Å². The van der Waals surface area contributed by atoms with E-state index in [9.17, 15) is 0 Å². The van der Waals surface area contributed by atoms with Crippen molar-refractivity contribution in [3.63, 3.8) is 0 Å². The van der Waals surface area contributed by atoms with Gasteiger partial charge in [0.15, 0.2) is 0 Å². The highest BCUT2D eigenvalue weighted by atomic mass is 16.5. The quantitative estimate of drug-likeness (QED) is 0.610. The van der Waals surface area contributed by atoms with Gasteiger partial charge in [0.25, 0.3) is 0 Å². The van der Waals surface area contributed by atoms with E-state index >= 15 is 0 Å². The first kappa shape index (κ1) is 7.03. The van der Waals surface area contributed by atoms with Crippen LogP contribution in [-0.4, -0.2) is 19.8 Å². The summed E-state index contributed by atoms with van der Waals surface area (Å²) in [5, 5.41) is 0. The van der Waals surface area contributed by atoms with Crippen molar-refractivity contribution in [3.8, 4) is 0 Å². The third kappa shape index (κ3) is 1.66. The van der Waals surface area contributed by atoms with Crippen molar-refractivity contribution in [1.82, 2.24) is 0 Å². The third-order valence-electron chi connectivity index (χ3n) is 2.11. The van der Waals surface area contributed by atoms with E-state index in [2.05, 4.69) is 0 Å². The first-order valence-electron chi connectivity index (χ1n) is 3.59. The van der Waals surface area contributed by atoms with Crippen molar-refractivity contribution >= 4 is 0 Å². The largest absolute Gasteiger partial charge is 0.383 e. The molecule has 2 heteroatoms. The molecule has 0 aromatic carbocycles. The molecule has 0 aromatic heterocycles. The van der Waals surface area contributed by atoms with Crippen LogP contribution in [0.1, 0.15) is 19.3 Å². The summed E-state index contributed by atoms with van der Waals surface area (Å²) in [4.78, 5) is 0. The van der Waals surface area contributed by atoms with Gasteiger partial charge in [-0.1, -0.05) is 6.42 Å². The second kappa shape index (κ2) is 3.18. The van der Waals surface area contributed by atoms with Crippen molar-refractivity contribution in [2.75, 3.05) is 13.7 Å². The Balaban J connectivity index is 2.08. The number of hydrogen-bond donors (Lipinski definition) is 1. The monoisotopic (exact) mass is 129 g/mol. The minimum Gasteiger partial charge on any atom is -0.383 e. The molecule has 0 heterocycles. The molecule has 2 N–H and O–H groups in total. The van der Waals surface area contributed by atoms with Crippen LogP contribution in [0.25, 0.3) is 0 Å². The maximum Gasteiger partial charge on any atom is 0.0616 e. The van der Waals surface area contributed by atoms with E-state index in [1.807, 2.05) is 0 Å². The van der Waals surface area contributed by atoms with Gasteiger partial charge in [-0.15, -0.1) is 0 Å². The van der Waals surface area contributed by atoms with Crippen LogP contribution in [0.3, 0.4) is 0 Å². The van der Waals surface area contributed by atoms with Crippen LogP contribution < -0.4 is 5.73 Å². The standard InChI is InChI=1S/C7H15NO/c1-9-5-7(8)6-3-2-4-6/h6-7H,2-5,8H2,1H3/t7-/m1/s1. The lowest BCUT2D eigenvalue weighted by molar-refractivity contribution is 0.130. The van der Waals surface area contributed by atoms with E-state index in [0.717, 1.165) is 12.5 Å². The highest BCUT2D eigenvalue weighted by Gasteiger charge is 2.23. The normalized spacial score (nSPS) is 23.3. The molecule has 2 nitrogen and oxygen atoms in total. The minimum atomic E-state index is 0.295. The van der Waals surface area contributed by atoms with Crippen molar-refractivity contribution in [2.24, 2.45) is 11.7 Å². The fourth-order valence-corrected chi connectivity index (χ4v) is 1.20. The minimum absolute atomic E-state index is 0.295. The average molecular weight is 129 g/mol. The molecule has 1 rings (SSSR count). The van der Waals surface area contributed by atoms with Crippen molar-refractivity contribution in [1.29, 1.82) is 0 Å². The molecule has 0 amide bonds. The lowest BCUT2D eigenvalue weighted by atomic mass is 9.80. The van der Waals surface area contributed by atoms with Gasteiger partial charge in [0.1, 0.15) is 0 Å². The van der Waals surface area contributed by atoms with Crippen LogP contribution in [-0.2, 0) is 4.74 Å². The molecule has 1 saturated carbocycles.